The van der Waals surface area contributed by atoms with Crippen molar-refractivity contribution in [2.24, 2.45) is 0 Å². The molecule has 0 aliphatic heterocycles. The Morgan fingerprint density at radius 2 is 2.31 bits per heavy atom. The molecule has 0 bridgehead atoms. The fraction of sp³-hybridized carbons (Fsp3) is 0.417. The lowest BCUT2D eigenvalue weighted by Gasteiger charge is -2.04. The molecule has 0 atom stereocenters. The van der Waals surface area contributed by atoms with Gasteiger partial charge in [0.1, 0.15) is 10.8 Å². The minimum atomic E-state index is 0.501. The molecular weight excluding hydrogens is 220 g/mol. The van der Waals surface area contributed by atoms with Crippen LogP contribution in [0.5, 0.6) is 0 Å². The first-order valence-electron chi connectivity index (χ1n) is 5.39. The molecule has 2 rings (SSSR count). The first-order valence-corrected chi connectivity index (χ1v) is 6.21. The number of hydrogen-bond acceptors (Lipinski definition) is 4. The number of aromatic nitrogens is 1. The van der Waals surface area contributed by atoms with Gasteiger partial charge in [-0.2, -0.15) is 0 Å². The van der Waals surface area contributed by atoms with Crippen LogP contribution in [0.15, 0.2) is 22.9 Å². The fourth-order valence-corrected chi connectivity index (χ4v) is 2.36. The molecule has 0 aliphatic rings. The lowest BCUT2D eigenvalue weighted by atomic mass is 10.3. The van der Waals surface area contributed by atoms with E-state index >= 15 is 0 Å². The fourth-order valence-electron chi connectivity index (χ4n) is 1.43. The van der Waals surface area contributed by atoms with Gasteiger partial charge in [-0.1, -0.05) is 13.8 Å². The highest BCUT2D eigenvalue weighted by Crippen LogP contribution is 2.28. The summed E-state index contributed by atoms with van der Waals surface area (Å²) in [5, 5.41) is 4.42. The highest BCUT2D eigenvalue weighted by molar-refractivity contribution is 7.15. The molecule has 16 heavy (non-hydrogen) atoms. The maximum Gasteiger partial charge on any atom is 0.127 e. The van der Waals surface area contributed by atoms with Gasteiger partial charge in [0.25, 0.3) is 0 Å². The molecule has 3 nitrogen and oxygen atoms in total. The molecule has 0 fully saturated rings. The Morgan fingerprint density at radius 1 is 1.50 bits per heavy atom. The second-order valence-corrected chi connectivity index (χ2v) is 5.17. The van der Waals surface area contributed by atoms with Crippen LogP contribution in [0.2, 0.25) is 0 Å². The minimum Gasteiger partial charge on any atom is -0.469 e. The monoisotopic (exact) mass is 236 g/mol. The summed E-state index contributed by atoms with van der Waals surface area (Å²) in [5.74, 6) is 0.928. The summed E-state index contributed by atoms with van der Waals surface area (Å²) in [7, 11) is 0. The third-order valence-electron chi connectivity index (χ3n) is 2.33. The minimum absolute atomic E-state index is 0.501. The molecule has 2 aromatic heterocycles. The lowest BCUT2D eigenvalue weighted by molar-refractivity contribution is 0.535. The number of aryl methyl sites for hydroxylation is 1. The average molecular weight is 236 g/mol. The Bertz CT molecular complexity index is 459. The molecule has 0 aromatic carbocycles. The van der Waals surface area contributed by atoms with E-state index in [1.54, 1.807) is 17.6 Å². The smallest absolute Gasteiger partial charge is 0.127 e. The maximum atomic E-state index is 5.28. The molecule has 86 valence electrons. The molecule has 1 N–H and O–H groups in total. The number of nitrogens with one attached hydrogen (secondary N) is 1. The van der Waals surface area contributed by atoms with E-state index in [0.717, 1.165) is 22.9 Å². The van der Waals surface area contributed by atoms with Crippen molar-refractivity contribution >= 4 is 11.3 Å². The van der Waals surface area contributed by atoms with E-state index in [0.29, 0.717) is 6.04 Å². The van der Waals surface area contributed by atoms with E-state index < -0.39 is 0 Å². The summed E-state index contributed by atoms with van der Waals surface area (Å²) in [6.45, 7) is 7.12. The SMILES string of the molecule is Cc1occc1-c1ncc(CNC(C)C)s1. The normalized spacial score (nSPS) is 11.2. The molecule has 0 unspecified atom stereocenters. The van der Waals surface area contributed by atoms with E-state index in [2.05, 4.69) is 24.1 Å². The summed E-state index contributed by atoms with van der Waals surface area (Å²) in [4.78, 5) is 5.67. The van der Waals surface area contributed by atoms with Crippen LogP contribution in [0.4, 0.5) is 0 Å². The van der Waals surface area contributed by atoms with Gasteiger partial charge in [-0.25, -0.2) is 4.98 Å². The van der Waals surface area contributed by atoms with Crippen LogP contribution in [0, 0.1) is 6.92 Å². The average Bonchev–Trinajstić information content (AvgIpc) is 2.83. The molecule has 4 heteroatoms. The first-order chi connectivity index (χ1) is 7.66. The van der Waals surface area contributed by atoms with Crippen LogP contribution >= 0.6 is 11.3 Å². The van der Waals surface area contributed by atoms with Crippen molar-refractivity contribution in [1.82, 2.24) is 10.3 Å². The zero-order valence-corrected chi connectivity index (χ0v) is 10.6. The molecular formula is C12H16N2OS. The van der Waals surface area contributed by atoms with Crippen LogP contribution < -0.4 is 5.32 Å². The number of rotatable bonds is 4. The van der Waals surface area contributed by atoms with Gasteiger partial charge in [-0.15, -0.1) is 11.3 Å². The van der Waals surface area contributed by atoms with Crippen molar-refractivity contribution in [2.45, 2.75) is 33.4 Å². The van der Waals surface area contributed by atoms with E-state index in [1.807, 2.05) is 19.2 Å². The molecule has 0 spiro atoms. The van der Waals surface area contributed by atoms with Gasteiger partial charge in [0, 0.05) is 23.7 Å². The van der Waals surface area contributed by atoms with Crippen molar-refractivity contribution in [3.63, 3.8) is 0 Å². The highest BCUT2D eigenvalue weighted by Gasteiger charge is 2.09. The van der Waals surface area contributed by atoms with Crippen LogP contribution in [0.1, 0.15) is 24.5 Å². The summed E-state index contributed by atoms with van der Waals surface area (Å²) in [6, 6.07) is 2.47. The predicted molar refractivity (Wildman–Crippen MR) is 66.5 cm³/mol. The van der Waals surface area contributed by atoms with Crippen molar-refractivity contribution < 1.29 is 4.42 Å². The van der Waals surface area contributed by atoms with E-state index in [4.69, 9.17) is 4.42 Å². The Kier molecular flexibility index (Phi) is 3.41. The molecule has 0 saturated carbocycles. The zero-order chi connectivity index (χ0) is 11.5. The number of furan rings is 1. The zero-order valence-electron chi connectivity index (χ0n) is 9.78. The van der Waals surface area contributed by atoms with Gasteiger partial charge in [0.2, 0.25) is 0 Å². The van der Waals surface area contributed by atoms with Gasteiger partial charge in [-0.3, -0.25) is 0 Å². The van der Waals surface area contributed by atoms with E-state index in [1.165, 1.54) is 4.88 Å². The van der Waals surface area contributed by atoms with Crippen molar-refractivity contribution in [3.05, 3.63) is 29.2 Å². The van der Waals surface area contributed by atoms with Crippen LogP contribution in [-0.4, -0.2) is 11.0 Å². The Labute approximate surface area is 99.5 Å². The number of hydrogen-bond donors (Lipinski definition) is 1. The Hall–Kier alpha value is -1.13. The van der Waals surface area contributed by atoms with Crippen LogP contribution in [-0.2, 0) is 6.54 Å². The second-order valence-electron chi connectivity index (χ2n) is 4.06. The molecule has 2 aromatic rings. The van der Waals surface area contributed by atoms with Gasteiger partial charge >= 0.3 is 0 Å². The molecule has 2 heterocycles. The molecule has 0 amide bonds. The largest absolute Gasteiger partial charge is 0.469 e. The third kappa shape index (κ3) is 2.51. The third-order valence-corrected chi connectivity index (χ3v) is 3.36. The second kappa shape index (κ2) is 4.80. The lowest BCUT2D eigenvalue weighted by Crippen LogP contribution is -2.21. The van der Waals surface area contributed by atoms with E-state index in [9.17, 15) is 0 Å². The summed E-state index contributed by atoms with van der Waals surface area (Å²) in [6.07, 6.45) is 3.64. The summed E-state index contributed by atoms with van der Waals surface area (Å²) >= 11 is 1.71. The van der Waals surface area contributed by atoms with Crippen molar-refractivity contribution in [1.29, 1.82) is 0 Å². The number of nitrogens with zero attached hydrogens (tertiary/aromatic N) is 1. The number of thiazole rings is 1. The Balaban J connectivity index is 2.11. The standard InChI is InChI=1S/C12H16N2OS/c1-8(2)13-6-10-7-14-12(16-10)11-4-5-15-9(11)3/h4-5,7-8,13H,6H2,1-3H3. The highest BCUT2D eigenvalue weighted by atomic mass is 32.1. The summed E-state index contributed by atoms with van der Waals surface area (Å²) in [5.41, 5.74) is 1.10. The quantitative estimate of drug-likeness (QED) is 0.885. The molecule has 0 saturated heterocycles. The maximum absolute atomic E-state index is 5.28. The van der Waals surface area contributed by atoms with E-state index in [-0.39, 0.29) is 0 Å². The van der Waals surface area contributed by atoms with Crippen LogP contribution in [0.25, 0.3) is 10.6 Å². The molecule has 0 aliphatic carbocycles. The Morgan fingerprint density at radius 3 is 2.94 bits per heavy atom. The van der Waals surface area contributed by atoms with Gasteiger partial charge in [0.15, 0.2) is 0 Å². The topological polar surface area (TPSA) is 38.1 Å². The first kappa shape index (κ1) is 11.4. The molecule has 0 radical (unpaired) electrons. The summed E-state index contributed by atoms with van der Waals surface area (Å²) < 4.78 is 5.28. The van der Waals surface area contributed by atoms with Crippen molar-refractivity contribution in [3.8, 4) is 10.6 Å². The van der Waals surface area contributed by atoms with Gasteiger partial charge < -0.3 is 9.73 Å². The van der Waals surface area contributed by atoms with Crippen molar-refractivity contribution in [2.75, 3.05) is 0 Å². The van der Waals surface area contributed by atoms with Crippen LogP contribution in [0.3, 0.4) is 0 Å². The predicted octanol–water partition coefficient (Wildman–Crippen LogP) is 3.21. The van der Waals surface area contributed by atoms with Gasteiger partial charge in [0.05, 0.1) is 11.8 Å². The van der Waals surface area contributed by atoms with Gasteiger partial charge in [-0.05, 0) is 13.0 Å².